The molecule has 0 aliphatic rings. The Kier molecular flexibility index (Phi) is 6.64. The Morgan fingerprint density at radius 1 is 1.28 bits per heavy atom. The predicted molar refractivity (Wildman–Crippen MR) is 100 cm³/mol. The topological polar surface area (TPSA) is 38.1 Å². The van der Waals surface area contributed by atoms with Gasteiger partial charge in [0, 0.05) is 25.8 Å². The molecule has 0 saturated heterocycles. The van der Waals surface area contributed by atoms with Gasteiger partial charge in [0.25, 0.3) is 0 Å². The molecule has 2 aromatic rings. The smallest absolute Gasteiger partial charge is 0.233 e. The van der Waals surface area contributed by atoms with Gasteiger partial charge in [0.1, 0.15) is 5.82 Å². The van der Waals surface area contributed by atoms with Crippen LogP contribution in [0.2, 0.25) is 0 Å². The minimum Gasteiger partial charge on any atom is -0.341 e. The van der Waals surface area contributed by atoms with Crippen molar-refractivity contribution in [2.45, 2.75) is 45.9 Å². The average molecular weight is 364 g/mol. The molecule has 0 radical (unpaired) electrons. The fraction of sp³-hybridized carbons (Fsp3) is 0.474. The van der Waals surface area contributed by atoms with E-state index in [1.54, 1.807) is 24.1 Å². The molecule has 0 aliphatic heterocycles. The van der Waals surface area contributed by atoms with Crippen LogP contribution in [0.25, 0.3) is 0 Å². The maximum Gasteiger partial charge on any atom is 0.233 e. The average Bonchev–Trinajstić information content (AvgIpc) is 2.82. The van der Waals surface area contributed by atoms with Gasteiger partial charge in [-0.2, -0.15) is 0 Å². The molecule has 0 bridgehead atoms. The van der Waals surface area contributed by atoms with E-state index in [4.69, 9.17) is 0 Å². The third-order valence-electron chi connectivity index (χ3n) is 4.05. The van der Waals surface area contributed by atoms with Crippen LogP contribution in [0.1, 0.15) is 30.8 Å². The van der Waals surface area contributed by atoms with E-state index in [-0.39, 0.29) is 11.7 Å². The first-order valence-corrected chi connectivity index (χ1v) is 9.41. The number of amides is 1. The molecule has 0 N–H and O–H groups in total. The molecule has 0 unspecified atom stereocenters. The Morgan fingerprint density at radius 3 is 2.52 bits per heavy atom. The normalized spacial score (nSPS) is 11.2. The molecule has 1 aromatic carbocycles. The molecule has 136 valence electrons. The lowest BCUT2D eigenvalue weighted by Crippen LogP contribution is -2.28. The highest BCUT2D eigenvalue weighted by molar-refractivity contribution is 7.99. The zero-order chi connectivity index (χ0) is 18.6. The van der Waals surface area contributed by atoms with Gasteiger partial charge in [-0.3, -0.25) is 4.79 Å². The summed E-state index contributed by atoms with van der Waals surface area (Å²) in [7, 11) is 1.77. The first-order chi connectivity index (χ1) is 11.8. The molecule has 0 fully saturated rings. The first-order valence-electron chi connectivity index (χ1n) is 8.43. The van der Waals surface area contributed by atoms with Crippen molar-refractivity contribution in [1.29, 1.82) is 0 Å². The van der Waals surface area contributed by atoms with Crippen molar-refractivity contribution >= 4 is 17.7 Å². The van der Waals surface area contributed by atoms with Gasteiger partial charge < -0.3 is 9.47 Å². The minimum atomic E-state index is -0.268. The van der Waals surface area contributed by atoms with Crippen molar-refractivity contribution in [3.8, 4) is 0 Å². The van der Waals surface area contributed by atoms with Crippen molar-refractivity contribution in [3.05, 3.63) is 47.0 Å². The Labute approximate surface area is 153 Å². The van der Waals surface area contributed by atoms with Crippen molar-refractivity contribution in [2.24, 2.45) is 5.92 Å². The molecular weight excluding hydrogens is 337 g/mol. The van der Waals surface area contributed by atoms with Crippen molar-refractivity contribution in [2.75, 3.05) is 12.8 Å². The van der Waals surface area contributed by atoms with Crippen LogP contribution < -0.4 is 0 Å². The SMILES string of the molecule is Cc1nc(SCC(=O)N(C)Cc2ccc(F)cc2)n(CC(C)C)c1C. The van der Waals surface area contributed by atoms with Crippen LogP contribution in [-0.2, 0) is 17.9 Å². The summed E-state index contributed by atoms with van der Waals surface area (Å²) in [5.74, 6) is 0.620. The summed E-state index contributed by atoms with van der Waals surface area (Å²) in [6.45, 7) is 9.78. The summed E-state index contributed by atoms with van der Waals surface area (Å²) in [4.78, 5) is 18.7. The van der Waals surface area contributed by atoms with E-state index >= 15 is 0 Å². The number of thioether (sulfide) groups is 1. The van der Waals surface area contributed by atoms with Crippen LogP contribution in [0, 0.1) is 25.6 Å². The molecule has 2 rings (SSSR count). The molecular formula is C19H26FN3OS. The number of aromatic nitrogens is 2. The summed E-state index contributed by atoms with van der Waals surface area (Å²) in [6, 6.07) is 6.23. The van der Waals surface area contributed by atoms with Crippen molar-refractivity contribution in [1.82, 2.24) is 14.5 Å². The number of benzene rings is 1. The third-order valence-corrected chi connectivity index (χ3v) is 5.02. The second kappa shape index (κ2) is 8.52. The van der Waals surface area contributed by atoms with Gasteiger partial charge in [0.15, 0.2) is 5.16 Å². The Morgan fingerprint density at radius 2 is 1.92 bits per heavy atom. The number of nitrogens with zero attached hydrogens (tertiary/aromatic N) is 3. The Hall–Kier alpha value is -1.82. The highest BCUT2D eigenvalue weighted by Gasteiger charge is 2.16. The van der Waals surface area contributed by atoms with Crippen molar-refractivity contribution in [3.63, 3.8) is 0 Å². The number of aryl methyl sites for hydroxylation is 1. The van der Waals surface area contributed by atoms with E-state index in [0.717, 1.165) is 28.7 Å². The van der Waals surface area contributed by atoms with Gasteiger partial charge in [0.05, 0.1) is 11.4 Å². The van der Waals surface area contributed by atoms with Crippen LogP contribution in [-0.4, -0.2) is 33.2 Å². The van der Waals surface area contributed by atoms with E-state index in [1.807, 2.05) is 6.92 Å². The zero-order valence-corrected chi connectivity index (χ0v) is 16.4. The molecule has 1 amide bonds. The third kappa shape index (κ3) is 5.33. The van der Waals surface area contributed by atoms with E-state index < -0.39 is 0 Å². The van der Waals surface area contributed by atoms with E-state index in [1.165, 1.54) is 23.9 Å². The lowest BCUT2D eigenvalue weighted by molar-refractivity contribution is -0.127. The van der Waals surface area contributed by atoms with Gasteiger partial charge in [-0.1, -0.05) is 37.7 Å². The summed E-state index contributed by atoms with van der Waals surface area (Å²) in [6.07, 6.45) is 0. The second-order valence-electron chi connectivity index (χ2n) is 6.73. The lowest BCUT2D eigenvalue weighted by Gasteiger charge is -2.17. The standard InChI is InChI=1S/C19H26FN3OS/c1-13(2)10-23-15(4)14(3)21-19(23)25-12-18(24)22(5)11-16-6-8-17(20)9-7-16/h6-9,13H,10-12H2,1-5H3. The number of hydrogen-bond acceptors (Lipinski definition) is 3. The molecule has 25 heavy (non-hydrogen) atoms. The number of hydrogen-bond donors (Lipinski definition) is 0. The maximum atomic E-state index is 13.0. The summed E-state index contributed by atoms with van der Waals surface area (Å²) in [5, 5.41) is 0.896. The fourth-order valence-corrected chi connectivity index (χ4v) is 3.54. The number of carbonyl (C=O) groups excluding carboxylic acids is 1. The zero-order valence-electron chi connectivity index (χ0n) is 15.5. The monoisotopic (exact) mass is 363 g/mol. The van der Waals surface area contributed by atoms with Gasteiger partial charge >= 0.3 is 0 Å². The molecule has 0 spiro atoms. The first kappa shape index (κ1) is 19.5. The Balaban J connectivity index is 1.97. The number of carbonyl (C=O) groups is 1. The van der Waals surface area contributed by atoms with Gasteiger partial charge in [-0.25, -0.2) is 9.37 Å². The highest BCUT2D eigenvalue weighted by atomic mass is 32.2. The molecule has 0 atom stereocenters. The largest absolute Gasteiger partial charge is 0.341 e. The predicted octanol–water partition coefficient (Wildman–Crippen LogP) is 4.05. The van der Waals surface area contributed by atoms with Crippen LogP contribution in [0.4, 0.5) is 4.39 Å². The molecule has 1 aromatic heterocycles. The van der Waals surface area contributed by atoms with Gasteiger partial charge in [-0.15, -0.1) is 0 Å². The number of halogens is 1. The molecule has 4 nitrogen and oxygen atoms in total. The molecule has 1 heterocycles. The number of rotatable bonds is 7. The summed E-state index contributed by atoms with van der Waals surface area (Å²) in [5.41, 5.74) is 3.08. The van der Waals surface area contributed by atoms with Crippen LogP contribution in [0.3, 0.4) is 0 Å². The Bertz CT molecular complexity index is 725. The molecule has 0 saturated carbocycles. The van der Waals surface area contributed by atoms with Crippen LogP contribution in [0.5, 0.6) is 0 Å². The fourth-order valence-electron chi connectivity index (χ4n) is 2.50. The van der Waals surface area contributed by atoms with Gasteiger partial charge in [0.2, 0.25) is 5.91 Å². The van der Waals surface area contributed by atoms with Gasteiger partial charge in [-0.05, 0) is 37.5 Å². The summed E-state index contributed by atoms with van der Waals surface area (Å²) < 4.78 is 15.2. The highest BCUT2D eigenvalue weighted by Crippen LogP contribution is 2.23. The summed E-state index contributed by atoms with van der Waals surface area (Å²) >= 11 is 1.47. The van der Waals surface area contributed by atoms with Crippen LogP contribution in [0.15, 0.2) is 29.4 Å². The maximum absolute atomic E-state index is 13.0. The van der Waals surface area contributed by atoms with E-state index in [0.29, 0.717) is 18.2 Å². The molecule has 0 aliphatic carbocycles. The van der Waals surface area contributed by atoms with E-state index in [2.05, 4.69) is 30.3 Å². The molecule has 6 heteroatoms. The second-order valence-corrected chi connectivity index (χ2v) is 7.68. The van der Waals surface area contributed by atoms with E-state index in [9.17, 15) is 9.18 Å². The minimum absolute atomic E-state index is 0.0312. The quantitative estimate of drug-likeness (QED) is 0.697. The van der Waals surface area contributed by atoms with Crippen molar-refractivity contribution < 1.29 is 9.18 Å². The lowest BCUT2D eigenvalue weighted by atomic mass is 10.2. The van der Waals surface area contributed by atoms with Crippen LogP contribution >= 0.6 is 11.8 Å². The number of imidazole rings is 1.